The van der Waals surface area contributed by atoms with Gasteiger partial charge in [-0.15, -0.1) is 0 Å². The van der Waals surface area contributed by atoms with E-state index >= 15 is 0 Å². The number of H-pyrrole nitrogens is 1. The summed E-state index contributed by atoms with van der Waals surface area (Å²) >= 11 is 0. The predicted molar refractivity (Wildman–Crippen MR) is 136 cm³/mol. The van der Waals surface area contributed by atoms with Gasteiger partial charge in [0.15, 0.2) is 5.82 Å². The molecule has 1 atom stereocenters. The zero-order valence-electron chi connectivity index (χ0n) is 19.0. The third kappa shape index (κ3) is 3.07. The molecule has 4 aromatic heterocycles. The SMILES string of the molecule is N[C@@H]1CCCN(c2nc(-c3ccnc4[nH]c5ccccc5c34)nc3cncc(C4CCC4)c23)C1. The number of anilines is 1. The first-order valence-electron chi connectivity index (χ1n) is 12.3. The summed E-state index contributed by atoms with van der Waals surface area (Å²) in [5.41, 5.74) is 11.5. The minimum absolute atomic E-state index is 0.164. The van der Waals surface area contributed by atoms with Gasteiger partial charge in [0, 0.05) is 58.8 Å². The number of benzene rings is 1. The number of rotatable bonds is 3. The summed E-state index contributed by atoms with van der Waals surface area (Å²) in [6.45, 7) is 1.78. The smallest absolute Gasteiger partial charge is 0.163 e. The van der Waals surface area contributed by atoms with Crippen LogP contribution in [0.15, 0.2) is 48.9 Å². The summed E-state index contributed by atoms with van der Waals surface area (Å²) in [7, 11) is 0. The van der Waals surface area contributed by atoms with Gasteiger partial charge in [-0.05, 0) is 49.3 Å². The Morgan fingerprint density at radius 2 is 1.88 bits per heavy atom. The summed E-state index contributed by atoms with van der Waals surface area (Å²) in [6.07, 6.45) is 11.6. The van der Waals surface area contributed by atoms with Crippen molar-refractivity contribution in [2.24, 2.45) is 5.73 Å². The number of piperidine rings is 1. The molecule has 1 saturated carbocycles. The first-order chi connectivity index (χ1) is 16.8. The van der Waals surface area contributed by atoms with Gasteiger partial charge in [-0.1, -0.05) is 24.6 Å². The molecule has 170 valence electrons. The molecule has 34 heavy (non-hydrogen) atoms. The predicted octanol–water partition coefficient (Wildman–Crippen LogP) is 4.92. The zero-order valence-corrected chi connectivity index (χ0v) is 19.0. The number of pyridine rings is 2. The van der Waals surface area contributed by atoms with Crippen LogP contribution >= 0.6 is 0 Å². The molecule has 7 heteroatoms. The fourth-order valence-corrected chi connectivity index (χ4v) is 5.62. The third-order valence-electron chi connectivity index (χ3n) is 7.56. The molecule has 0 spiro atoms. The average molecular weight is 450 g/mol. The molecule has 1 saturated heterocycles. The number of hydrogen-bond donors (Lipinski definition) is 2. The van der Waals surface area contributed by atoms with E-state index in [0.29, 0.717) is 11.7 Å². The van der Waals surface area contributed by atoms with Crippen LogP contribution < -0.4 is 10.6 Å². The number of hydrogen-bond acceptors (Lipinski definition) is 6. The Balaban J connectivity index is 1.50. The number of para-hydroxylation sites is 1. The van der Waals surface area contributed by atoms with Crippen LogP contribution in [0.3, 0.4) is 0 Å². The fraction of sp³-hybridized carbons (Fsp3) is 0.333. The van der Waals surface area contributed by atoms with Crippen LogP contribution in [0.5, 0.6) is 0 Å². The first-order valence-corrected chi connectivity index (χ1v) is 12.3. The number of nitrogens with zero attached hydrogens (tertiary/aromatic N) is 5. The molecule has 3 N–H and O–H groups in total. The quantitative estimate of drug-likeness (QED) is 0.406. The van der Waals surface area contributed by atoms with Crippen molar-refractivity contribution in [2.75, 3.05) is 18.0 Å². The monoisotopic (exact) mass is 449 g/mol. The maximum Gasteiger partial charge on any atom is 0.163 e. The second-order valence-electron chi connectivity index (χ2n) is 9.72. The molecule has 0 amide bonds. The summed E-state index contributed by atoms with van der Waals surface area (Å²) in [6, 6.07) is 10.5. The molecule has 5 heterocycles. The highest BCUT2D eigenvalue weighted by molar-refractivity contribution is 6.12. The number of aromatic nitrogens is 5. The standard InChI is InChI=1S/C27H27N7/c28-17-7-4-12-34(15-17)27-24-20(16-5-3-6-16)13-29-14-22(24)32-25(33-27)19-10-11-30-26-23(19)18-8-1-2-9-21(18)31-26/h1-2,8-11,13-14,16-17H,3-7,12,15,28H2,(H,30,31)/t17-/m1/s1. The highest BCUT2D eigenvalue weighted by atomic mass is 15.2. The lowest BCUT2D eigenvalue weighted by molar-refractivity contribution is 0.421. The summed E-state index contributed by atoms with van der Waals surface area (Å²) in [5.74, 6) is 2.26. The first kappa shape index (κ1) is 19.9. The van der Waals surface area contributed by atoms with Crippen molar-refractivity contribution in [1.82, 2.24) is 24.9 Å². The molecular formula is C27H27N7. The van der Waals surface area contributed by atoms with Crippen LogP contribution in [0.25, 0.3) is 44.2 Å². The van der Waals surface area contributed by atoms with Gasteiger partial charge in [0.05, 0.1) is 11.7 Å². The molecule has 2 fully saturated rings. The molecule has 1 aliphatic carbocycles. The third-order valence-corrected chi connectivity index (χ3v) is 7.56. The Morgan fingerprint density at radius 3 is 2.74 bits per heavy atom. The van der Waals surface area contributed by atoms with E-state index in [1.54, 1.807) is 0 Å². The fourth-order valence-electron chi connectivity index (χ4n) is 5.62. The Labute approximate surface area is 197 Å². The van der Waals surface area contributed by atoms with Gasteiger partial charge >= 0.3 is 0 Å². The van der Waals surface area contributed by atoms with Crippen molar-refractivity contribution in [3.8, 4) is 11.4 Å². The molecule has 2 aliphatic rings. The van der Waals surface area contributed by atoms with Crippen molar-refractivity contribution in [3.63, 3.8) is 0 Å². The summed E-state index contributed by atoms with van der Waals surface area (Å²) < 4.78 is 0. The van der Waals surface area contributed by atoms with Gasteiger partial charge in [0.25, 0.3) is 0 Å². The van der Waals surface area contributed by atoms with Crippen LogP contribution in [0.4, 0.5) is 5.82 Å². The van der Waals surface area contributed by atoms with Gasteiger partial charge in [-0.3, -0.25) is 4.98 Å². The Kier molecular flexibility index (Phi) is 4.52. The number of nitrogens with one attached hydrogen (secondary N) is 1. The highest BCUT2D eigenvalue weighted by Crippen LogP contribution is 2.42. The van der Waals surface area contributed by atoms with Gasteiger partial charge < -0.3 is 15.6 Å². The molecule has 0 unspecified atom stereocenters. The van der Waals surface area contributed by atoms with E-state index in [0.717, 1.165) is 70.2 Å². The average Bonchev–Trinajstić information content (AvgIpc) is 3.21. The largest absolute Gasteiger partial charge is 0.354 e. The molecule has 0 bridgehead atoms. The topological polar surface area (TPSA) is 96.6 Å². The second kappa shape index (κ2) is 7.74. The lowest BCUT2D eigenvalue weighted by Gasteiger charge is -2.34. The Hall–Kier alpha value is -3.58. The van der Waals surface area contributed by atoms with Crippen LogP contribution in [-0.2, 0) is 0 Å². The number of nitrogens with two attached hydrogens (primary N) is 1. The molecule has 1 aromatic carbocycles. The second-order valence-corrected chi connectivity index (χ2v) is 9.72. The minimum Gasteiger partial charge on any atom is -0.354 e. The zero-order chi connectivity index (χ0) is 22.6. The van der Waals surface area contributed by atoms with Crippen LogP contribution in [-0.4, -0.2) is 44.1 Å². The van der Waals surface area contributed by atoms with E-state index in [1.165, 1.54) is 24.8 Å². The Bertz CT molecular complexity index is 1530. The highest BCUT2D eigenvalue weighted by Gasteiger charge is 2.28. The van der Waals surface area contributed by atoms with Crippen molar-refractivity contribution in [1.29, 1.82) is 0 Å². The molecular weight excluding hydrogens is 422 g/mol. The van der Waals surface area contributed by atoms with E-state index in [-0.39, 0.29) is 6.04 Å². The minimum atomic E-state index is 0.164. The molecule has 7 nitrogen and oxygen atoms in total. The summed E-state index contributed by atoms with van der Waals surface area (Å²) in [4.78, 5) is 25.4. The van der Waals surface area contributed by atoms with E-state index in [1.807, 2.05) is 30.7 Å². The lowest BCUT2D eigenvalue weighted by Crippen LogP contribution is -2.43. The van der Waals surface area contributed by atoms with Crippen molar-refractivity contribution < 1.29 is 0 Å². The maximum absolute atomic E-state index is 6.40. The van der Waals surface area contributed by atoms with Crippen LogP contribution in [0, 0.1) is 0 Å². The molecule has 1 aliphatic heterocycles. The Morgan fingerprint density at radius 1 is 0.971 bits per heavy atom. The summed E-state index contributed by atoms with van der Waals surface area (Å²) in [5, 5.41) is 3.34. The van der Waals surface area contributed by atoms with Gasteiger partial charge in [0.2, 0.25) is 0 Å². The van der Waals surface area contributed by atoms with Crippen LogP contribution in [0.2, 0.25) is 0 Å². The van der Waals surface area contributed by atoms with Gasteiger partial charge in [0.1, 0.15) is 11.5 Å². The maximum atomic E-state index is 6.40. The number of fused-ring (bicyclic) bond motifs is 4. The van der Waals surface area contributed by atoms with Crippen molar-refractivity contribution in [2.45, 2.75) is 44.1 Å². The van der Waals surface area contributed by atoms with Crippen LogP contribution in [0.1, 0.15) is 43.6 Å². The van der Waals surface area contributed by atoms with E-state index in [9.17, 15) is 0 Å². The van der Waals surface area contributed by atoms with Gasteiger partial charge in [-0.2, -0.15) is 0 Å². The molecule has 0 radical (unpaired) electrons. The van der Waals surface area contributed by atoms with Crippen molar-refractivity contribution in [3.05, 3.63) is 54.5 Å². The van der Waals surface area contributed by atoms with Crippen molar-refractivity contribution >= 4 is 38.7 Å². The normalized spacial score (nSPS) is 19.2. The number of aromatic amines is 1. The van der Waals surface area contributed by atoms with E-state index in [4.69, 9.17) is 15.7 Å². The van der Waals surface area contributed by atoms with E-state index in [2.05, 4.69) is 38.1 Å². The molecule has 5 aromatic rings. The van der Waals surface area contributed by atoms with Gasteiger partial charge in [-0.25, -0.2) is 15.0 Å². The van der Waals surface area contributed by atoms with E-state index < -0.39 is 0 Å². The molecule has 7 rings (SSSR count). The lowest BCUT2D eigenvalue weighted by atomic mass is 9.79.